The van der Waals surface area contributed by atoms with Crippen LogP contribution in [0.3, 0.4) is 0 Å². The van der Waals surface area contributed by atoms with Crippen LogP contribution in [0, 0.1) is 0 Å². The summed E-state index contributed by atoms with van der Waals surface area (Å²) in [6.07, 6.45) is 7.08. The first-order valence-corrected chi connectivity index (χ1v) is 10.9. The average molecular weight is 469 g/mol. The van der Waals surface area contributed by atoms with E-state index in [1.807, 2.05) is 4.57 Å². The third-order valence-corrected chi connectivity index (χ3v) is 7.29. The third kappa shape index (κ3) is 4.12. The predicted molar refractivity (Wildman–Crippen MR) is 116 cm³/mol. The highest BCUT2D eigenvalue weighted by Crippen LogP contribution is 2.48. The summed E-state index contributed by atoms with van der Waals surface area (Å²) in [6.45, 7) is 0.388. The summed E-state index contributed by atoms with van der Waals surface area (Å²) >= 11 is 20.0. The summed E-state index contributed by atoms with van der Waals surface area (Å²) in [5.74, 6) is -0.160. The number of thioether (sulfide) groups is 1. The van der Waals surface area contributed by atoms with Crippen LogP contribution < -0.4 is 0 Å². The topological polar surface area (TPSA) is 68.0 Å². The van der Waals surface area contributed by atoms with Gasteiger partial charge in [0.1, 0.15) is 10.6 Å². The lowest BCUT2D eigenvalue weighted by Crippen LogP contribution is -2.42. The van der Waals surface area contributed by atoms with Gasteiger partial charge in [0.05, 0.1) is 22.8 Å². The second-order valence-corrected chi connectivity index (χ2v) is 9.57. The minimum absolute atomic E-state index is 0.388. The summed E-state index contributed by atoms with van der Waals surface area (Å²) in [7, 11) is 0. The molecule has 0 unspecified atom stereocenters. The molecule has 0 amide bonds. The van der Waals surface area contributed by atoms with Gasteiger partial charge in [0, 0.05) is 28.0 Å². The fraction of sp³-hybridized carbons (Fsp3) is 0.250. The summed E-state index contributed by atoms with van der Waals surface area (Å²) in [6, 6.07) is 7.05. The molecule has 1 aliphatic carbocycles. The number of pyridine rings is 1. The van der Waals surface area contributed by atoms with Gasteiger partial charge in [0.25, 0.3) is 0 Å². The van der Waals surface area contributed by atoms with Crippen LogP contribution in [-0.2, 0) is 11.3 Å². The number of carboxylic acid groups (broad SMARTS) is 1. The predicted octanol–water partition coefficient (Wildman–Crippen LogP) is 6.05. The number of aliphatic carboxylic acids is 1. The zero-order valence-electron chi connectivity index (χ0n) is 15.1. The van der Waals surface area contributed by atoms with Crippen LogP contribution in [0.4, 0.5) is 0 Å². The standard InChI is InChI=1S/C20H16Cl3N3O2S/c21-14-2-3-16(23)13(7-14)11-26-17(29-20(19(27)28)4-1-5-20)10-25-18(26)12-6-15(22)9-24-8-12/h2-3,6-10H,1,4-5,11H2,(H,27,28). The van der Waals surface area contributed by atoms with E-state index in [1.165, 1.54) is 11.8 Å². The number of carboxylic acids is 1. The van der Waals surface area contributed by atoms with Gasteiger partial charge in [-0.1, -0.05) is 46.6 Å². The molecule has 1 aromatic carbocycles. The Hall–Kier alpha value is -1.73. The molecule has 1 fully saturated rings. The van der Waals surface area contributed by atoms with Crippen molar-refractivity contribution in [2.24, 2.45) is 0 Å². The zero-order valence-corrected chi connectivity index (χ0v) is 18.2. The van der Waals surface area contributed by atoms with Crippen molar-refractivity contribution in [3.05, 3.63) is 63.5 Å². The van der Waals surface area contributed by atoms with Crippen LogP contribution in [-0.4, -0.2) is 30.4 Å². The lowest BCUT2D eigenvalue weighted by atomic mass is 9.84. The summed E-state index contributed by atoms with van der Waals surface area (Å²) in [4.78, 5) is 20.6. The maximum absolute atomic E-state index is 11.9. The molecule has 0 spiro atoms. The first kappa shape index (κ1) is 20.5. The van der Waals surface area contributed by atoms with Gasteiger partial charge >= 0.3 is 5.97 Å². The first-order chi connectivity index (χ1) is 13.9. The molecule has 4 rings (SSSR count). The van der Waals surface area contributed by atoms with Crippen LogP contribution >= 0.6 is 46.6 Å². The summed E-state index contributed by atoms with van der Waals surface area (Å²) in [5.41, 5.74) is 1.55. The monoisotopic (exact) mass is 467 g/mol. The largest absolute Gasteiger partial charge is 0.480 e. The fourth-order valence-corrected chi connectivity index (χ4v) is 5.14. The Bertz CT molecular complexity index is 1080. The molecule has 0 aliphatic heterocycles. The third-order valence-electron chi connectivity index (χ3n) is 4.97. The maximum Gasteiger partial charge on any atom is 0.320 e. The summed E-state index contributed by atoms with van der Waals surface area (Å²) < 4.78 is 1.12. The van der Waals surface area contributed by atoms with E-state index in [-0.39, 0.29) is 0 Å². The van der Waals surface area contributed by atoms with Crippen molar-refractivity contribution in [2.45, 2.75) is 35.6 Å². The SMILES string of the molecule is O=C(O)C1(Sc2cnc(-c3cncc(Cl)c3)n2Cc2cc(Cl)ccc2Cl)CCC1. The van der Waals surface area contributed by atoms with Crippen LogP contribution in [0.1, 0.15) is 24.8 Å². The molecule has 9 heteroatoms. The minimum atomic E-state index is -0.820. The van der Waals surface area contributed by atoms with Gasteiger partial charge in [-0.05, 0) is 49.1 Å². The number of carbonyl (C=O) groups is 1. The van der Waals surface area contributed by atoms with E-state index in [4.69, 9.17) is 34.8 Å². The number of imidazole rings is 1. The van der Waals surface area contributed by atoms with Gasteiger partial charge in [-0.3, -0.25) is 9.78 Å². The van der Waals surface area contributed by atoms with Gasteiger partial charge in [0.2, 0.25) is 0 Å². The van der Waals surface area contributed by atoms with Crippen molar-refractivity contribution < 1.29 is 9.90 Å². The van der Waals surface area contributed by atoms with E-state index in [0.29, 0.717) is 40.3 Å². The number of hydrogen-bond donors (Lipinski definition) is 1. The molecule has 2 heterocycles. The Morgan fingerprint density at radius 1 is 1.14 bits per heavy atom. The van der Waals surface area contributed by atoms with E-state index in [0.717, 1.165) is 22.6 Å². The number of rotatable bonds is 6. The molecule has 5 nitrogen and oxygen atoms in total. The molecule has 1 aliphatic rings. The molecule has 1 N–H and O–H groups in total. The van der Waals surface area contributed by atoms with E-state index in [9.17, 15) is 9.90 Å². The Morgan fingerprint density at radius 2 is 1.93 bits per heavy atom. The Labute approximate surface area is 187 Å². The normalized spacial score (nSPS) is 15.1. The van der Waals surface area contributed by atoms with Gasteiger partial charge in [-0.25, -0.2) is 4.98 Å². The Kier molecular flexibility index (Phi) is 5.80. The molecule has 3 aromatic rings. The molecular formula is C20H16Cl3N3O2S. The van der Waals surface area contributed by atoms with Crippen molar-refractivity contribution in [3.63, 3.8) is 0 Å². The van der Waals surface area contributed by atoms with Crippen LogP contribution in [0.25, 0.3) is 11.4 Å². The summed E-state index contributed by atoms with van der Waals surface area (Å²) in [5, 5.41) is 12.1. The van der Waals surface area contributed by atoms with Crippen molar-refractivity contribution in [1.29, 1.82) is 0 Å². The quantitative estimate of drug-likeness (QED) is 0.477. The van der Waals surface area contributed by atoms with E-state index < -0.39 is 10.7 Å². The molecule has 150 valence electrons. The number of hydrogen-bond acceptors (Lipinski definition) is 4. The maximum atomic E-state index is 11.9. The fourth-order valence-electron chi connectivity index (χ4n) is 3.25. The van der Waals surface area contributed by atoms with Gasteiger partial charge in [-0.15, -0.1) is 0 Å². The van der Waals surface area contributed by atoms with Crippen LogP contribution in [0.5, 0.6) is 0 Å². The average Bonchev–Trinajstić information content (AvgIpc) is 3.03. The molecule has 0 radical (unpaired) electrons. The lowest BCUT2D eigenvalue weighted by Gasteiger charge is -2.36. The molecular weight excluding hydrogens is 453 g/mol. The molecule has 0 atom stereocenters. The minimum Gasteiger partial charge on any atom is -0.480 e. The van der Waals surface area contributed by atoms with E-state index in [1.54, 1.807) is 42.9 Å². The molecule has 0 saturated heterocycles. The number of nitrogens with zero attached hydrogens (tertiary/aromatic N) is 3. The molecule has 0 bridgehead atoms. The van der Waals surface area contributed by atoms with Gasteiger partial charge in [0.15, 0.2) is 0 Å². The van der Waals surface area contributed by atoms with Crippen molar-refractivity contribution >= 4 is 52.5 Å². The highest BCUT2D eigenvalue weighted by Gasteiger charge is 2.46. The number of halogens is 3. The molecule has 2 aromatic heterocycles. The smallest absolute Gasteiger partial charge is 0.320 e. The second kappa shape index (κ2) is 8.19. The highest BCUT2D eigenvalue weighted by atomic mass is 35.5. The van der Waals surface area contributed by atoms with Crippen LogP contribution in [0.2, 0.25) is 15.1 Å². The number of benzene rings is 1. The number of aromatic nitrogens is 3. The van der Waals surface area contributed by atoms with Crippen molar-refractivity contribution in [2.75, 3.05) is 0 Å². The zero-order chi connectivity index (χ0) is 20.6. The highest BCUT2D eigenvalue weighted by molar-refractivity contribution is 8.01. The van der Waals surface area contributed by atoms with E-state index in [2.05, 4.69) is 9.97 Å². The molecule has 29 heavy (non-hydrogen) atoms. The molecule has 1 saturated carbocycles. The van der Waals surface area contributed by atoms with E-state index >= 15 is 0 Å². The van der Waals surface area contributed by atoms with Crippen molar-refractivity contribution in [3.8, 4) is 11.4 Å². The first-order valence-electron chi connectivity index (χ1n) is 8.91. The van der Waals surface area contributed by atoms with Gasteiger partial charge < -0.3 is 9.67 Å². The van der Waals surface area contributed by atoms with Crippen molar-refractivity contribution in [1.82, 2.24) is 14.5 Å². The second-order valence-electron chi connectivity index (χ2n) is 6.89. The Balaban J connectivity index is 1.79. The van der Waals surface area contributed by atoms with Crippen LogP contribution in [0.15, 0.2) is 47.9 Å². The lowest BCUT2D eigenvalue weighted by molar-refractivity contribution is -0.142. The Morgan fingerprint density at radius 3 is 2.59 bits per heavy atom. The van der Waals surface area contributed by atoms with Gasteiger partial charge in [-0.2, -0.15) is 0 Å².